The number of thioether (sulfide) groups is 1. The minimum absolute atomic E-state index is 0.0453. The van der Waals surface area contributed by atoms with Crippen molar-refractivity contribution in [1.82, 2.24) is 5.48 Å². The van der Waals surface area contributed by atoms with Crippen LogP contribution >= 0.6 is 11.8 Å². The standard InChI is InChI=1S/C15H23NO6S2/c1-4-5-10-22-12-6-8-13(9-7-12)24(20,21)11(2)15(18,23-3)14(17)16-19/h6-9,11,18-19H,4-5,10H2,1-3H3,(H,16,17). The lowest BCUT2D eigenvalue weighted by Gasteiger charge is -2.29. The van der Waals surface area contributed by atoms with Gasteiger partial charge in [0, 0.05) is 0 Å². The van der Waals surface area contributed by atoms with E-state index in [4.69, 9.17) is 9.94 Å². The molecule has 0 aliphatic carbocycles. The maximum absolute atomic E-state index is 12.7. The van der Waals surface area contributed by atoms with E-state index in [1.54, 1.807) is 0 Å². The molecule has 1 aromatic carbocycles. The molecule has 1 rings (SSSR count). The highest BCUT2D eigenvalue weighted by Gasteiger charge is 2.48. The van der Waals surface area contributed by atoms with E-state index in [1.807, 2.05) is 6.92 Å². The first-order chi connectivity index (χ1) is 11.2. The minimum atomic E-state index is -4.00. The van der Waals surface area contributed by atoms with Crippen LogP contribution in [0.2, 0.25) is 0 Å². The van der Waals surface area contributed by atoms with Crippen molar-refractivity contribution in [2.24, 2.45) is 0 Å². The number of hydrogen-bond donors (Lipinski definition) is 3. The number of carbonyl (C=O) groups excluding carboxylic acids is 1. The number of benzene rings is 1. The van der Waals surface area contributed by atoms with Crippen molar-refractivity contribution >= 4 is 27.5 Å². The van der Waals surface area contributed by atoms with E-state index in [1.165, 1.54) is 42.9 Å². The maximum Gasteiger partial charge on any atom is 0.287 e. The van der Waals surface area contributed by atoms with E-state index in [9.17, 15) is 18.3 Å². The molecule has 0 aliphatic rings. The smallest absolute Gasteiger partial charge is 0.287 e. The van der Waals surface area contributed by atoms with Crippen molar-refractivity contribution in [1.29, 1.82) is 0 Å². The van der Waals surface area contributed by atoms with Gasteiger partial charge in [-0.3, -0.25) is 10.0 Å². The molecule has 0 bridgehead atoms. The number of carbonyl (C=O) groups is 1. The van der Waals surface area contributed by atoms with Crippen molar-refractivity contribution < 1.29 is 28.3 Å². The summed E-state index contributed by atoms with van der Waals surface area (Å²) in [6.07, 6.45) is 3.27. The zero-order valence-corrected chi connectivity index (χ0v) is 15.5. The monoisotopic (exact) mass is 377 g/mol. The highest BCUT2D eigenvalue weighted by atomic mass is 32.2. The Hall–Kier alpha value is -1.29. The van der Waals surface area contributed by atoms with Crippen LogP contribution in [-0.4, -0.2) is 47.7 Å². The molecule has 24 heavy (non-hydrogen) atoms. The summed E-state index contributed by atoms with van der Waals surface area (Å²) in [4.78, 5) is 9.31. The normalized spacial score (nSPS) is 15.4. The van der Waals surface area contributed by atoms with Crippen molar-refractivity contribution in [3.8, 4) is 5.75 Å². The predicted molar refractivity (Wildman–Crippen MR) is 91.9 cm³/mol. The second kappa shape index (κ2) is 8.70. The predicted octanol–water partition coefficient (Wildman–Crippen LogP) is 1.58. The zero-order chi connectivity index (χ0) is 18.4. The molecule has 9 heteroatoms. The quantitative estimate of drug-likeness (QED) is 0.259. The van der Waals surface area contributed by atoms with Crippen LogP contribution < -0.4 is 10.2 Å². The number of rotatable bonds is 9. The van der Waals surface area contributed by atoms with Gasteiger partial charge in [-0.25, -0.2) is 13.9 Å². The third-order valence-corrected chi connectivity index (χ3v) is 7.19. The van der Waals surface area contributed by atoms with Crippen LogP contribution in [0.25, 0.3) is 0 Å². The Morgan fingerprint density at radius 2 is 1.96 bits per heavy atom. The SMILES string of the molecule is CCCCOc1ccc(S(=O)(=O)C(C)C(O)(SC)C(=O)NO)cc1. The fraction of sp³-hybridized carbons (Fsp3) is 0.533. The molecule has 0 aromatic heterocycles. The van der Waals surface area contributed by atoms with E-state index in [-0.39, 0.29) is 4.90 Å². The van der Waals surface area contributed by atoms with Crippen LogP contribution in [0.15, 0.2) is 29.2 Å². The van der Waals surface area contributed by atoms with Crippen LogP contribution in [-0.2, 0) is 14.6 Å². The Balaban J connectivity index is 3.04. The number of amides is 1. The summed E-state index contributed by atoms with van der Waals surface area (Å²) in [6.45, 7) is 3.80. The molecule has 0 aliphatic heterocycles. The van der Waals surface area contributed by atoms with Gasteiger partial charge < -0.3 is 9.84 Å². The molecule has 1 aromatic rings. The lowest BCUT2D eigenvalue weighted by atomic mass is 10.2. The second-order valence-electron chi connectivity index (χ2n) is 5.20. The first kappa shape index (κ1) is 20.8. The first-order valence-electron chi connectivity index (χ1n) is 7.42. The topological polar surface area (TPSA) is 113 Å². The van der Waals surface area contributed by atoms with Crippen molar-refractivity contribution in [2.45, 2.75) is 41.8 Å². The average Bonchev–Trinajstić information content (AvgIpc) is 2.60. The lowest BCUT2D eigenvalue weighted by Crippen LogP contribution is -2.53. The summed E-state index contributed by atoms with van der Waals surface area (Å²) in [5, 5.41) is 17.6. The van der Waals surface area contributed by atoms with E-state index in [0.29, 0.717) is 24.1 Å². The van der Waals surface area contributed by atoms with Crippen LogP contribution in [0, 0.1) is 0 Å². The van der Waals surface area contributed by atoms with E-state index in [2.05, 4.69) is 0 Å². The molecule has 2 atom stereocenters. The number of hydroxylamine groups is 1. The Morgan fingerprint density at radius 3 is 2.42 bits per heavy atom. The van der Waals surface area contributed by atoms with Gasteiger partial charge in [0.1, 0.15) is 11.0 Å². The molecule has 0 radical (unpaired) electrons. The summed E-state index contributed by atoms with van der Waals surface area (Å²) in [5.41, 5.74) is 1.30. The molecule has 2 unspecified atom stereocenters. The van der Waals surface area contributed by atoms with Crippen LogP contribution in [0.1, 0.15) is 26.7 Å². The number of hydrogen-bond acceptors (Lipinski definition) is 7. The Kier molecular flexibility index (Phi) is 7.53. The molecule has 0 saturated carbocycles. The Labute approximate surface area is 146 Å². The van der Waals surface area contributed by atoms with Gasteiger partial charge in [-0.2, -0.15) is 0 Å². The average molecular weight is 377 g/mol. The molecular weight excluding hydrogens is 354 g/mol. The molecule has 1 amide bonds. The van der Waals surface area contributed by atoms with Crippen molar-refractivity contribution in [3.63, 3.8) is 0 Å². The Morgan fingerprint density at radius 1 is 1.38 bits per heavy atom. The van der Waals surface area contributed by atoms with Gasteiger partial charge in [0.25, 0.3) is 5.91 Å². The van der Waals surface area contributed by atoms with E-state index >= 15 is 0 Å². The van der Waals surface area contributed by atoms with Gasteiger partial charge >= 0.3 is 0 Å². The summed E-state index contributed by atoms with van der Waals surface area (Å²) in [5.74, 6) is -0.645. The third kappa shape index (κ3) is 4.41. The molecule has 3 N–H and O–H groups in total. The molecule has 0 fully saturated rings. The molecule has 136 valence electrons. The summed E-state index contributed by atoms with van der Waals surface area (Å²) >= 11 is 0.631. The van der Waals surface area contributed by atoms with Gasteiger partial charge in [-0.05, 0) is 43.9 Å². The molecular formula is C15H23NO6S2. The fourth-order valence-electron chi connectivity index (χ4n) is 2.00. The third-order valence-electron chi connectivity index (χ3n) is 3.67. The van der Waals surface area contributed by atoms with Crippen LogP contribution in [0.5, 0.6) is 5.75 Å². The summed E-state index contributed by atoms with van der Waals surface area (Å²) < 4.78 is 30.8. The Bertz CT molecular complexity index is 646. The van der Waals surface area contributed by atoms with Gasteiger partial charge in [-0.15, -0.1) is 11.8 Å². The lowest BCUT2D eigenvalue weighted by molar-refractivity contribution is -0.140. The van der Waals surface area contributed by atoms with Crippen LogP contribution in [0.4, 0.5) is 0 Å². The molecule has 0 heterocycles. The highest BCUT2D eigenvalue weighted by Crippen LogP contribution is 2.32. The van der Waals surface area contributed by atoms with E-state index in [0.717, 1.165) is 12.8 Å². The van der Waals surface area contributed by atoms with Gasteiger partial charge in [0.15, 0.2) is 9.84 Å². The van der Waals surface area contributed by atoms with Gasteiger partial charge in [-0.1, -0.05) is 13.3 Å². The molecule has 7 nitrogen and oxygen atoms in total. The number of aliphatic hydroxyl groups is 1. The number of nitrogens with one attached hydrogen (secondary N) is 1. The fourth-order valence-corrected chi connectivity index (χ4v) is 4.68. The number of unbranched alkanes of at least 4 members (excludes halogenated alkanes) is 1. The van der Waals surface area contributed by atoms with Crippen molar-refractivity contribution in [3.05, 3.63) is 24.3 Å². The summed E-state index contributed by atoms with van der Waals surface area (Å²) in [7, 11) is -4.00. The van der Waals surface area contributed by atoms with E-state index < -0.39 is 25.9 Å². The van der Waals surface area contributed by atoms with Crippen LogP contribution in [0.3, 0.4) is 0 Å². The number of sulfone groups is 1. The van der Waals surface area contributed by atoms with Crippen molar-refractivity contribution in [2.75, 3.05) is 12.9 Å². The first-order valence-corrected chi connectivity index (χ1v) is 10.2. The summed E-state index contributed by atoms with van der Waals surface area (Å²) in [6, 6.07) is 5.79. The zero-order valence-electron chi connectivity index (χ0n) is 13.9. The number of ether oxygens (including phenoxy) is 1. The minimum Gasteiger partial charge on any atom is -0.494 e. The largest absolute Gasteiger partial charge is 0.494 e. The highest BCUT2D eigenvalue weighted by molar-refractivity contribution is 8.02. The molecule has 0 spiro atoms. The van der Waals surface area contributed by atoms with Gasteiger partial charge in [0.05, 0.1) is 11.5 Å². The maximum atomic E-state index is 12.7. The van der Waals surface area contributed by atoms with Gasteiger partial charge in [0.2, 0.25) is 4.93 Å². The second-order valence-corrected chi connectivity index (χ2v) is 8.50. The molecule has 0 saturated heterocycles.